The lowest BCUT2D eigenvalue weighted by Crippen LogP contribution is -2.31. The Bertz CT molecular complexity index is 335. The third kappa shape index (κ3) is 5.74. The molecule has 18 heavy (non-hydrogen) atoms. The fraction of sp³-hybridized carbons (Fsp3) is 0.600. The van der Waals surface area contributed by atoms with Gasteiger partial charge < -0.3 is 10.1 Å². The van der Waals surface area contributed by atoms with Gasteiger partial charge in [0.1, 0.15) is 5.75 Å². The highest BCUT2D eigenvalue weighted by atomic mass is 35.5. The molecule has 1 N–H and O–H groups in total. The maximum atomic E-state index is 5.78. The van der Waals surface area contributed by atoms with Crippen molar-refractivity contribution < 1.29 is 4.74 Å². The number of halogens is 1. The zero-order valence-electron chi connectivity index (χ0n) is 11.6. The van der Waals surface area contributed by atoms with Gasteiger partial charge in [-0.05, 0) is 42.5 Å². The fourth-order valence-electron chi connectivity index (χ4n) is 1.80. The second kappa shape index (κ2) is 7.65. The molecule has 3 heteroatoms. The molecule has 0 bridgehead atoms. The number of hydrogen-bond acceptors (Lipinski definition) is 2. The Balaban J connectivity index is 2.25. The first-order chi connectivity index (χ1) is 8.57. The van der Waals surface area contributed by atoms with Crippen LogP contribution >= 0.6 is 11.6 Å². The summed E-state index contributed by atoms with van der Waals surface area (Å²) in [6, 6.07) is 8.24. The summed E-state index contributed by atoms with van der Waals surface area (Å²) in [5.74, 6) is 1.64. The van der Waals surface area contributed by atoms with Gasteiger partial charge in [-0.1, -0.05) is 26.0 Å². The third-order valence-electron chi connectivity index (χ3n) is 3.12. The van der Waals surface area contributed by atoms with Crippen LogP contribution in [0.15, 0.2) is 24.3 Å². The van der Waals surface area contributed by atoms with Gasteiger partial charge in [0, 0.05) is 12.4 Å². The molecule has 1 aromatic carbocycles. The molecule has 0 fully saturated rings. The molecule has 102 valence electrons. The minimum atomic E-state index is 0.279. The Kier molecular flexibility index (Phi) is 6.51. The van der Waals surface area contributed by atoms with E-state index in [0.29, 0.717) is 0 Å². The summed E-state index contributed by atoms with van der Waals surface area (Å²) >= 11 is 5.78. The van der Waals surface area contributed by atoms with Crippen LogP contribution in [0, 0.1) is 5.41 Å². The van der Waals surface area contributed by atoms with Crippen LogP contribution in [-0.2, 0) is 6.42 Å². The maximum absolute atomic E-state index is 5.78. The van der Waals surface area contributed by atoms with Crippen molar-refractivity contribution in [2.45, 2.75) is 26.7 Å². The Morgan fingerprint density at radius 2 is 1.89 bits per heavy atom. The standard InChI is InChI=1S/C15H24ClNO/c1-15(2,9-10-16)12-17-11-8-13-4-6-14(18-3)7-5-13/h4-7,17H,8-12H2,1-3H3. The zero-order valence-corrected chi connectivity index (χ0v) is 12.4. The van der Waals surface area contributed by atoms with Gasteiger partial charge in [-0.3, -0.25) is 0 Å². The molecular formula is C15H24ClNO. The maximum Gasteiger partial charge on any atom is 0.118 e. The molecule has 0 amide bonds. The molecule has 0 saturated heterocycles. The molecule has 1 rings (SSSR count). The van der Waals surface area contributed by atoms with Gasteiger partial charge in [0.15, 0.2) is 0 Å². The van der Waals surface area contributed by atoms with Crippen LogP contribution in [0.5, 0.6) is 5.75 Å². The lowest BCUT2D eigenvalue weighted by Gasteiger charge is -2.23. The molecule has 0 unspecified atom stereocenters. The molecule has 0 heterocycles. The average molecular weight is 270 g/mol. The second-order valence-corrected chi connectivity index (χ2v) is 5.76. The predicted molar refractivity (Wildman–Crippen MR) is 78.7 cm³/mol. The molecule has 0 aliphatic heterocycles. The minimum Gasteiger partial charge on any atom is -0.497 e. The molecule has 0 atom stereocenters. The Labute approximate surface area is 116 Å². The number of ether oxygens (including phenoxy) is 1. The normalized spacial score (nSPS) is 11.6. The fourth-order valence-corrected chi connectivity index (χ4v) is 2.31. The van der Waals surface area contributed by atoms with E-state index >= 15 is 0 Å². The van der Waals surface area contributed by atoms with Gasteiger partial charge in [-0.2, -0.15) is 0 Å². The van der Waals surface area contributed by atoms with Gasteiger partial charge in [0.2, 0.25) is 0 Å². The molecule has 0 radical (unpaired) electrons. The summed E-state index contributed by atoms with van der Waals surface area (Å²) in [6.07, 6.45) is 2.09. The van der Waals surface area contributed by atoms with Gasteiger partial charge in [-0.15, -0.1) is 11.6 Å². The van der Waals surface area contributed by atoms with Gasteiger partial charge in [-0.25, -0.2) is 0 Å². The Hall–Kier alpha value is -0.730. The number of benzene rings is 1. The number of methoxy groups -OCH3 is 1. The monoisotopic (exact) mass is 269 g/mol. The van der Waals surface area contributed by atoms with E-state index in [-0.39, 0.29) is 5.41 Å². The highest BCUT2D eigenvalue weighted by Crippen LogP contribution is 2.19. The van der Waals surface area contributed by atoms with Crippen LogP contribution in [0.4, 0.5) is 0 Å². The molecular weight excluding hydrogens is 246 g/mol. The highest BCUT2D eigenvalue weighted by molar-refractivity contribution is 6.17. The van der Waals surface area contributed by atoms with Crippen molar-refractivity contribution in [1.29, 1.82) is 0 Å². The average Bonchev–Trinajstić information content (AvgIpc) is 2.35. The van der Waals surface area contributed by atoms with Crippen molar-refractivity contribution in [1.82, 2.24) is 5.32 Å². The van der Waals surface area contributed by atoms with Crippen molar-refractivity contribution in [2.24, 2.45) is 5.41 Å². The quantitative estimate of drug-likeness (QED) is 0.576. The number of rotatable bonds is 8. The van der Waals surface area contributed by atoms with Crippen LogP contribution < -0.4 is 10.1 Å². The first-order valence-electron chi connectivity index (χ1n) is 6.47. The van der Waals surface area contributed by atoms with Crippen molar-refractivity contribution in [3.05, 3.63) is 29.8 Å². The van der Waals surface area contributed by atoms with Crippen molar-refractivity contribution >= 4 is 11.6 Å². The lowest BCUT2D eigenvalue weighted by atomic mass is 9.90. The highest BCUT2D eigenvalue weighted by Gasteiger charge is 2.15. The lowest BCUT2D eigenvalue weighted by molar-refractivity contribution is 0.331. The van der Waals surface area contributed by atoms with E-state index in [2.05, 4.69) is 31.3 Å². The number of nitrogens with one attached hydrogen (secondary N) is 1. The van der Waals surface area contributed by atoms with Gasteiger partial charge >= 0.3 is 0 Å². The molecule has 0 saturated carbocycles. The van der Waals surface area contributed by atoms with Crippen molar-refractivity contribution in [3.8, 4) is 5.75 Å². The van der Waals surface area contributed by atoms with E-state index in [4.69, 9.17) is 16.3 Å². The molecule has 1 aromatic rings. The molecule has 0 aliphatic rings. The second-order valence-electron chi connectivity index (χ2n) is 5.38. The molecule has 2 nitrogen and oxygen atoms in total. The van der Waals surface area contributed by atoms with Gasteiger partial charge in [0.05, 0.1) is 7.11 Å². The minimum absolute atomic E-state index is 0.279. The van der Waals surface area contributed by atoms with E-state index in [0.717, 1.165) is 37.6 Å². The third-order valence-corrected chi connectivity index (χ3v) is 3.31. The first-order valence-corrected chi connectivity index (χ1v) is 7.00. The van der Waals surface area contributed by atoms with Crippen LogP contribution in [-0.4, -0.2) is 26.1 Å². The van der Waals surface area contributed by atoms with E-state index in [1.807, 2.05) is 12.1 Å². The Morgan fingerprint density at radius 3 is 2.44 bits per heavy atom. The first kappa shape index (κ1) is 15.3. The van der Waals surface area contributed by atoms with Crippen LogP contribution in [0.2, 0.25) is 0 Å². The van der Waals surface area contributed by atoms with E-state index in [1.165, 1.54) is 5.56 Å². The zero-order chi connectivity index (χ0) is 13.4. The molecule has 0 spiro atoms. The van der Waals surface area contributed by atoms with E-state index in [9.17, 15) is 0 Å². The van der Waals surface area contributed by atoms with Crippen molar-refractivity contribution in [2.75, 3.05) is 26.1 Å². The van der Waals surface area contributed by atoms with Crippen LogP contribution in [0.25, 0.3) is 0 Å². The van der Waals surface area contributed by atoms with Crippen LogP contribution in [0.3, 0.4) is 0 Å². The van der Waals surface area contributed by atoms with E-state index in [1.54, 1.807) is 7.11 Å². The molecule has 0 aliphatic carbocycles. The number of alkyl halides is 1. The predicted octanol–water partition coefficient (Wildman–Crippen LogP) is 3.48. The smallest absolute Gasteiger partial charge is 0.118 e. The summed E-state index contributed by atoms with van der Waals surface area (Å²) in [5, 5.41) is 3.50. The van der Waals surface area contributed by atoms with Crippen molar-refractivity contribution in [3.63, 3.8) is 0 Å². The summed E-state index contributed by atoms with van der Waals surface area (Å²) in [5.41, 5.74) is 1.61. The molecule has 0 aromatic heterocycles. The SMILES string of the molecule is COc1ccc(CCNCC(C)(C)CCCl)cc1. The summed E-state index contributed by atoms with van der Waals surface area (Å²) in [6.45, 7) is 6.50. The van der Waals surface area contributed by atoms with E-state index < -0.39 is 0 Å². The topological polar surface area (TPSA) is 21.3 Å². The summed E-state index contributed by atoms with van der Waals surface area (Å²) < 4.78 is 5.14. The van der Waals surface area contributed by atoms with Gasteiger partial charge in [0.25, 0.3) is 0 Å². The summed E-state index contributed by atoms with van der Waals surface area (Å²) in [7, 11) is 1.69. The largest absolute Gasteiger partial charge is 0.497 e. The summed E-state index contributed by atoms with van der Waals surface area (Å²) in [4.78, 5) is 0. The number of hydrogen-bond donors (Lipinski definition) is 1. The Morgan fingerprint density at radius 1 is 1.22 bits per heavy atom. The van der Waals surface area contributed by atoms with Crippen LogP contribution in [0.1, 0.15) is 25.8 Å².